The minimum Gasteiger partial charge on any atom is -0.448 e. The maximum absolute atomic E-state index is 12.4. The zero-order valence-corrected chi connectivity index (χ0v) is 15.2. The van der Waals surface area contributed by atoms with E-state index < -0.39 is 16.9 Å². The van der Waals surface area contributed by atoms with Crippen LogP contribution in [0.25, 0.3) is 11.1 Å². The molecule has 0 N–H and O–H groups in total. The number of likely N-dealkylation sites (N-methyl/N-ethyl adjacent to an activating group) is 1. The first-order valence-corrected chi connectivity index (χ1v) is 8.50. The Morgan fingerprint density at radius 2 is 1.52 bits per heavy atom. The van der Waals surface area contributed by atoms with Crippen LogP contribution in [0.4, 0.5) is 4.79 Å². The van der Waals surface area contributed by atoms with Crippen LogP contribution in [0.15, 0.2) is 48.5 Å². The maximum atomic E-state index is 12.4. The van der Waals surface area contributed by atoms with Crippen molar-refractivity contribution in [1.82, 2.24) is 4.90 Å². The molecule has 0 radical (unpaired) electrons. The zero-order chi connectivity index (χ0) is 18.2. The second-order valence-electron chi connectivity index (χ2n) is 6.70. The average molecular weight is 358 g/mol. The van der Waals surface area contributed by atoms with Crippen LogP contribution in [0, 0.1) is 0 Å². The third kappa shape index (κ3) is 3.02. The normalized spacial score (nSPS) is 13.1. The maximum Gasteiger partial charge on any atom is 0.410 e. The highest BCUT2D eigenvalue weighted by Crippen LogP contribution is 2.44. The number of fused-ring (bicyclic) bond motifs is 3. The van der Waals surface area contributed by atoms with Gasteiger partial charge in [-0.1, -0.05) is 48.5 Å². The number of carbonyl (C=O) groups is 2. The number of carbonyl (C=O) groups excluding carboxylic acids is 2. The number of hydrogen-bond donors (Lipinski definition) is 0. The number of nitrogens with zero attached hydrogens (tertiary/aromatic N) is 1. The summed E-state index contributed by atoms with van der Waals surface area (Å²) in [5.74, 6) is -0.0143. The van der Waals surface area contributed by atoms with Crippen molar-refractivity contribution in [2.45, 2.75) is 25.3 Å². The lowest BCUT2D eigenvalue weighted by atomic mass is 9.98. The number of ether oxygens (including phenoxy) is 1. The quantitative estimate of drug-likeness (QED) is 0.761. The molecule has 3 rings (SSSR count). The summed E-state index contributed by atoms with van der Waals surface area (Å²) < 4.78 is 5.51. The lowest BCUT2D eigenvalue weighted by Gasteiger charge is -2.31. The Balaban J connectivity index is 1.80. The average Bonchev–Trinajstić information content (AvgIpc) is 2.93. The molecule has 2 aromatic rings. The van der Waals surface area contributed by atoms with Gasteiger partial charge in [0.2, 0.25) is 5.24 Å². The molecule has 1 amide bonds. The van der Waals surface area contributed by atoms with E-state index in [1.54, 1.807) is 13.8 Å². The van der Waals surface area contributed by atoms with Gasteiger partial charge in [-0.3, -0.25) is 9.69 Å². The molecule has 0 heterocycles. The molecule has 0 bridgehead atoms. The summed E-state index contributed by atoms with van der Waals surface area (Å²) in [6.45, 7) is 3.39. The third-order valence-electron chi connectivity index (χ3n) is 4.93. The first-order chi connectivity index (χ1) is 11.8. The van der Waals surface area contributed by atoms with Gasteiger partial charge in [0, 0.05) is 13.0 Å². The molecular weight excluding hydrogens is 338 g/mol. The topological polar surface area (TPSA) is 46.6 Å². The molecule has 130 valence electrons. The molecule has 0 saturated carbocycles. The molecule has 0 saturated heterocycles. The van der Waals surface area contributed by atoms with E-state index in [2.05, 4.69) is 24.3 Å². The highest BCUT2D eigenvalue weighted by Gasteiger charge is 2.36. The van der Waals surface area contributed by atoms with Crippen LogP contribution in [0.2, 0.25) is 0 Å². The molecule has 0 unspecified atom stereocenters. The summed E-state index contributed by atoms with van der Waals surface area (Å²) in [7, 11) is 1.51. The van der Waals surface area contributed by atoms with Gasteiger partial charge < -0.3 is 4.74 Å². The van der Waals surface area contributed by atoms with E-state index in [0.29, 0.717) is 0 Å². The van der Waals surface area contributed by atoms with E-state index in [1.165, 1.54) is 23.1 Å². The van der Waals surface area contributed by atoms with E-state index in [-0.39, 0.29) is 12.5 Å². The van der Waals surface area contributed by atoms with Crippen LogP contribution < -0.4 is 0 Å². The van der Waals surface area contributed by atoms with E-state index >= 15 is 0 Å². The van der Waals surface area contributed by atoms with E-state index in [4.69, 9.17) is 16.3 Å². The predicted molar refractivity (Wildman–Crippen MR) is 97.8 cm³/mol. The molecule has 4 nitrogen and oxygen atoms in total. The fourth-order valence-electron chi connectivity index (χ4n) is 3.05. The largest absolute Gasteiger partial charge is 0.448 e. The molecule has 1 aliphatic rings. The van der Waals surface area contributed by atoms with Crippen molar-refractivity contribution in [2.75, 3.05) is 13.7 Å². The monoisotopic (exact) mass is 357 g/mol. The Hall–Kier alpha value is -2.33. The Morgan fingerprint density at radius 1 is 1.04 bits per heavy atom. The Kier molecular flexibility index (Phi) is 4.56. The van der Waals surface area contributed by atoms with Gasteiger partial charge in [0.05, 0.1) is 0 Å². The third-order valence-corrected chi connectivity index (χ3v) is 5.39. The Morgan fingerprint density at radius 3 is 2.00 bits per heavy atom. The second-order valence-corrected chi connectivity index (χ2v) is 7.04. The summed E-state index contributed by atoms with van der Waals surface area (Å²) in [4.78, 5) is 25.1. The lowest BCUT2D eigenvalue weighted by Crippen LogP contribution is -2.49. The van der Waals surface area contributed by atoms with E-state index in [1.807, 2.05) is 24.3 Å². The first kappa shape index (κ1) is 17.5. The van der Waals surface area contributed by atoms with Gasteiger partial charge in [-0.2, -0.15) is 0 Å². The fourth-order valence-corrected chi connectivity index (χ4v) is 3.18. The summed E-state index contributed by atoms with van der Waals surface area (Å²) in [5.41, 5.74) is 3.51. The van der Waals surface area contributed by atoms with E-state index in [9.17, 15) is 9.59 Å². The van der Waals surface area contributed by atoms with Crippen molar-refractivity contribution in [2.24, 2.45) is 0 Å². The SMILES string of the molecule is CN(C(=O)OCC1c2ccccc2-c2ccccc21)C(C)(C)C(=O)Cl. The van der Waals surface area contributed by atoms with Gasteiger partial charge in [0.25, 0.3) is 0 Å². The molecular formula is C20H20ClNO3. The van der Waals surface area contributed by atoms with Gasteiger partial charge in [-0.15, -0.1) is 0 Å². The number of rotatable bonds is 4. The van der Waals surface area contributed by atoms with Crippen molar-refractivity contribution in [3.8, 4) is 11.1 Å². The number of hydrogen-bond acceptors (Lipinski definition) is 3. The number of halogens is 1. The molecule has 2 aromatic carbocycles. The van der Waals surface area contributed by atoms with Crippen LogP contribution in [0.5, 0.6) is 0 Å². The Bertz CT molecular complexity index is 786. The van der Waals surface area contributed by atoms with Gasteiger partial charge in [-0.25, -0.2) is 4.79 Å². The lowest BCUT2D eigenvalue weighted by molar-refractivity contribution is -0.119. The zero-order valence-electron chi connectivity index (χ0n) is 14.5. The minimum atomic E-state index is -1.12. The molecule has 0 atom stereocenters. The van der Waals surface area contributed by atoms with Crippen molar-refractivity contribution >= 4 is 22.9 Å². The summed E-state index contributed by atoms with van der Waals surface area (Å²) >= 11 is 5.58. The molecule has 0 aliphatic heterocycles. The molecule has 5 heteroatoms. The predicted octanol–water partition coefficient (Wildman–Crippen LogP) is 4.41. The van der Waals surface area contributed by atoms with Crippen LogP contribution in [-0.2, 0) is 9.53 Å². The van der Waals surface area contributed by atoms with Crippen LogP contribution in [0.3, 0.4) is 0 Å². The van der Waals surface area contributed by atoms with Crippen molar-refractivity contribution in [3.05, 3.63) is 59.7 Å². The van der Waals surface area contributed by atoms with Gasteiger partial charge in [0.1, 0.15) is 12.1 Å². The second kappa shape index (κ2) is 6.52. The van der Waals surface area contributed by atoms with Gasteiger partial charge in [-0.05, 0) is 47.7 Å². The molecule has 25 heavy (non-hydrogen) atoms. The van der Waals surface area contributed by atoms with Crippen molar-refractivity contribution in [1.29, 1.82) is 0 Å². The standard InChI is InChI=1S/C20H20ClNO3/c1-20(2,18(21)23)22(3)19(24)25-12-17-15-10-6-4-8-13(15)14-9-5-7-11-16(14)17/h4-11,17H,12H2,1-3H3. The van der Waals surface area contributed by atoms with Gasteiger partial charge in [0.15, 0.2) is 0 Å². The summed E-state index contributed by atoms with van der Waals surface area (Å²) in [6.07, 6.45) is -0.569. The molecule has 0 fully saturated rings. The molecule has 0 aromatic heterocycles. The highest BCUT2D eigenvalue weighted by atomic mass is 35.5. The number of benzene rings is 2. The van der Waals surface area contributed by atoms with Crippen LogP contribution in [-0.4, -0.2) is 35.4 Å². The first-order valence-electron chi connectivity index (χ1n) is 8.12. The van der Waals surface area contributed by atoms with Crippen molar-refractivity contribution < 1.29 is 14.3 Å². The van der Waals surface area contributed by atoms with E-state index in [0.717, 1.165) is 11.1 Å². The Labute approximate surface area is 152 Å². The molecule has 1 aliphatic carbocycles. The number of amides is 1. The fraction of sp³-hybridized carbons (Fsp3) is 0.300. The van der Waals surface area contributed by atoms with Gasteiger partial charge >= 0.3 is 6.09 Å². The van der Waals surface area contributed by atoms with Crippen molar-refractivity contribution in [3.63, 3.8) is 0 Å². The van der Waals surface area contributed by atoms with Crippen LogP contribution in [0.1, 0.15) is 30.9 Å². The minimum absolute atomic E-state index is 0.0143. The summed E-state index contributed by atoms with van der Waals surface area (Å²) in [6, 6.07) is 16.3. The smallest absolute Gasteiger partial charge is 0.410 e. The highest BCUT2D eigenvalue weighted by molar-refractivity contribution is 6.65. The summed E-state index contributed by atoms with van der Waals surface area (Å²) in [5, 5.41) is -0.608. The van der Waals surface area contributed by atoms with Crippen LogP contribution >= 0.6 is 11.6 Å². The molecule has 0 spiro atoms.